The number of hydrogen-bond donors (Lipinski definition) is 3. The van der Waals surface area contributed by atoms with Crippen molar-refractivity contribution >= 4 is 45.3 Å². The number of rotatable bonds is 4. The van der Waals surface area contributed by atoms with E-state index >= 15 is 0 Å². The summed E-state index contributed by atoms with van der Waals surface area (Å²) < 4.78 is 21.3. The van der Waals surface area contributed by atoms with E-state index < -0.39 is 10.4 Å². The molecule has 168 valence electrons. The maximum atomic E-state index is 12.5. The Hall–Kier alpha value is -1.91. The molecule has 2 unspecified atom stereocenters. The molecule has 0 radical (unpaired) electrons. The van der Waals surface area contributed by atoms with Crippen molar-refractivity contribution in [1.29, 1.82) is 0 Å². The van der Waals surface area contributed by atoms with Crippen molar-refractivity contribution in [2.75, 3.05) is 24.9 Å². The Labute approximate surface area is 192 Å². The van der Waals surface area contributed by atoms with Crippen LogP contribution >= 0.6 is 33.3 Å². The number of nitrogens with zero attached hydrogens (tertiary/aromatic N) is 2. The van der Waals surface area contributed by atoms with E-state index in [0.29, 0.717) is 0 Å². The lowest BCUT2D eigenvalue weighted by Gasteiger charge is -2.44. The van der Waals surface area contributed by atoms with Gasteiger partial charge in [0.2, 0.25) is 0 Å². The highest BCUT2D eigenvalue weighted by atomic mass is 35.5. The van der Waals surface area contributed by atoms with Crippen molar-refractivity contribution in [3.05, 3.63) is 57.8 Å². The first kappa shape index (κ1) is 23.7. The van der Waals surface area contributed by atoms with Crippen LogP contribution in [-0.4, -0.2) is 41.7 Å². The van der Waals surface area contributed by atoms with Gasteiger partial charge in [-0.1, -0.05) is 11.6 Å². The van der Waals surface area contributed by atoms with Gasteiger partial charge in [0.15, 0.2) is 0 Å². The van der Waals surface area contributed by atoms with E-state index in [9.17, 15) is 9.18 Å². The molecule has 3 aromatic rings. The molecule has 2 aromatic heterocycles. The molecule has 6 nitrogen and oxygen atoms in total. The van der Waals surface area contributed by atoms with E-state index in [2.05, 4.69) is 43.8 Å². The number of carbonyl (C=O) groups is 1. The topological polar surface area (TPSA) is 71.0 Å². The number of aromatic nitrogens is 2. The summed E-state index contributed by atoms with van der Waals surface area (Å²) in [5, 5.41) is 9.37. The van der Waals surface area contributed by atoms with Crippen LogP contribution in [0.2, 0.25) is 5.02 Å². The summed E-state index contributed by atoms with van der Waals surface area (Å²) in [5.74, 6) is -0.388. The molecule has 0 aliphatic carbocycles. The predicted octanol–water partition coefficient (Wildman–Crippen LogP) is 4.76. The molecule has 0 bridgehead atoms. The van der Waals surface area contributed by atoms with Crippen LogP contribution in [0.5, 0.6) is 0 Å². The average Bonchev–Trinajstić information content (AvgIpc) is 3.38. The van der Waals surface area contributed by atoms with Crippen molar-refractivity contribution < 1.29 is 9.18 Å². The van der Waals surface area contributed by atoms with Crippen LogP contribution in [0.3, 0.4) is 0 Å². The summed E-state index contributed by atoms with van der Waals surface area (Å²) >= 11 is 7.22. The second-order valence-corrected chi connectivity index (χ2v) is 12.1. The van der Waals surface area contributed by atoms with Gasteiger partial charge in [0, 0.05) is 36.4 Å². The predicted molar refractivity (Wildman–Crippen MR) is 130 cm³/mol. The van der Waals surface area contributed by atoms with E-state index in [0.717, 1.165) is 24.0 Å². The molecule has 0 saturated carbocycles. The third-order valence-electron chi connectivity index (χ3n) is 4.75. The second-order valence-electron chi connectivity index (χ2n) is 7.61. The summed E-state index contributed by atoms with van der Waals surface area (Å²) in [6.45, 7) is 0. The largest absolute Gasteiger partial charge is 0.388 e. The molecule has 31 heavy (non-hydrogen) atoms. The number of carbonyl (C=O) groups excluding carboxylic acids is 1. The Morgan fingerprint density at radius 3 is 2.71 bits per heavy atom. The van der Waals surface area contributed by atoms with Crippen LogP contribution in [0.15, 0.2) is 42.0 Å². The first-order chi connectivity index (χ1) is 14.7. The van der Waals surface area contributed by atoms with Crippen molar-refractivity contribution in [2.45, 2.75) is 18.5 Å². The third-order valence-corrected chi connectivity index (χ3v) is 7.85. The number of hydrogen-bond acceptors (Lipinski definition) is 6. The number of halogens is 2. The van der Waals surface area contributed by atoms with Gasteiger partial charge in [-0.3, -0.25) is 14.1 Å². The zero-order valence-corrected chi connectivity index (χ0v) is 20.2. The molecular weight excluding hydrogens is 457 g/mol. The monoisotopic (exact) mass is 483 g/mol. The van der Waals surface area contributed by atoms with Gasteiger partial charge in [0.25, 0.3) is 0 Å². The van der Waals surface area contributed by atoms with Crippen LogP contribution in [0.1, 0.15) is 17.3 Å². The van der Waals surface area contributed by atoms with Crippen molar-refractivity contribution in [2.24, 2.45) is 7.05 Å². The molecule has 2 atom stereocenters. The molecule has 1 aliphatic heterocycles. The fourth-order valence-electron chi connectivity index (χ4n) is 3.28. The first-order valence-electron chi connectivity index (χ1n) is 9.64. The second kappa shape index (κ2) is 10.1. The zero-order chi connectivity index (χ0) is 22.6. The summed E-state index contributed by atoms with van der Waals surface area (Å²) in [6.07, 6.45) is 10.0. The van der Waals surface area contributed by atoms with Crippen LogP contribution in [0.4, 0.5) is 10.1 Å². The highest BCUT2D eigenvalue weighted by molar-refractivity contribution is 8.29. The molecule has 1 aromatic carbocycles. The average molecular weight is 484 g/mol. The van der Waals surface area contributed by atoms with Gasteiger partial charge in [0.05, 0.1) is 23.3 Å². The van der Waals surface area contributed by atoms with Crippen LogP contribution in [0.25, 0.3) is 11.1 Å². The summed E-state index contributed by atoms with van der Waals surface area (Å²) in [4.78, 5) is 12.4. The van der Waals surface area contributed by atoms with Crippen molar-refractivity contribution in [3.63, 3.8) is 0 Å². The van der Waals surface area contributed by atoms with Gasteiger partial charge in [-0.15, -0.1) is 21.7 Å². The Bertz CT molecular complexity index is 1040. The molecule has 10 heteroatoms. The highest BCUT2D eigenvalue weighted by Gasteiger charge is 2.31. The molecule has 3 N–H and O–H groups in total. The molecule has 1 fully saturated rings. The van der Waals surface area contributed by atoms with Gasteiger partial charge < -0.3 is 10.1 Å². The van der Waals surface area contributed by atoms with Gasteiger partial charge >= 0.3 is 0 Å². The van der Waals surface area contributed by atoms with E-state index in [1.807, 2.05) is 24.1 Å². The zero-order valence-electron chi connectivity index (χ0n) is 17.9. The minimum atomic E-state index is -1.13. The lowest BCUT2D eigenvalue weighted by molar-refractivity contribution is -0.109. The minimum absolute atomic E-state index is 0.0646. The molecule has 4 rings (SSSR count). The van der Waals surface area contributed by atoms with E-state index in [4.69, 9.17) is 11.6 Å². The third kappa shape index (κ3) is 6.30. The standard InChI is InChI=1S/C14H20N4OS2.C7H7ClFN/c1-18-7-11(6-15-18)10-4-14(20-9-10)13-5-12(8-19)16-21(2,3)17-13;1-10-5-2-3-7(9)6(8)4-5/h4,6-9,12-13,16-17H,5H2,1-3H3;2-4,10H,1H3. The Morgan fingerprint density at radius 2 is 2.10 bits per heavy atom. The number of anilines is 1. The number of nitrogens with one attached hydrogen (secondary N) is 3. The lowest BCUT2D eigenvalue weighted by atomic mass is 10.1. The normalized spacial score (nSPS) is 21.0. The van der Waals surface area contributed by atoms with Gasteiger partial charge in [-0.2, -0.15) is 5.10 Å². The summed E-state index contributed by atoms with van der Waals surface area (Å²) in [5.41, 5.74) is 3.14. The van der Waals surface area contributed by atoms with Crippen LogP contribution < -0.4 is 14.8 Å². The maximum absolute atomic E-state index is 12.5. The van der Waals surface area contributed by atoms with Crippen LogP contribution in [-0.2, 0) is 11.8 Å². The molecular formula is C21H27ClFN5OS2. The first-order valence-corrected chi connectivity index (χ1v) is 13.3. The number of aryl methyl sites for hydroxylation is 1. The van der Waals surface area contributed by atoms with Crippen LogP contribution in [0, 0.1) is 5.82 Å². The highest BCUT2D eigenvalue weighted by Crippen LogP contribution is 2.42. The molecule has 0 spiro atoms. The summed E-state index contributed by atoms with van der Waals surface area (Å²) in [6, 6.07) is 6.88. The fraction of sp³-hybridized carbons (Fsp3) is 0.333. The van der Waals surface area contributed by atoms with Gasteiger partial charge in [-0.25, -0.2) is 4.39 Å². The Balaban J connectivity index is 0.000000229. The number of benzene rings is 1. The van der Waals surface area contributed by atoms with Crippen molar-refractivity contribution in [1.82, 2.24) is 19.2 Å². The lowest BCUT2D eigenvalue weighted by Crippen LogP contribution is -2.47. The molecule has 0 amide bonds. The SMILES string of the molecule is CNc1ccc(F)c(Cl)c1.Cn1cc(-c2csc(C3CC(C=O)NS(C)(C)N3)c2)cn1. The maximum Gasteiger partial charge on any atom is 0.141 e. The van der Waals surface area contributed by atoms with E-state index in [1.165, 1.54) is 22.6 Å². The van der Waals surface area contributed by atoms with Gasteiger partial charge in [-0.05, 0) is 54.1 Å². The quantitative estimate of drug-likeness (QED) is 0.467. The fourth-order valence-corrected chi connectivity index (χ4v) is 6.43. The smallest absolute Gasteiger partial charge is 0.141 e. The Morgan fingerprint density at radius 1 is 1.32 bits per heavy atom. The Kier molecular flexibility index (Phi) is 7.77. The number of thiophene rings is 1. The minimum Gasteiger partial charge on any atom is -0.388 e. The van der Waals surface area contributed by atoms with Gasteiger partial charge in [0.1, 0.15) is 12.1 Å². The molecule has 1 saturated heterocycles. The van der Waals surface area contributed by atoms with E-state index in [-0.39, 0.29) is 22.9 Å². The van der Waals surface area contributed by atoms with E-state index in [1.54, 1.807) is 24.5 Å². The molecule has 1 aliphatic rings. The van der Waals surface area contributed by atoms with Crippen molar-refractivity contribution in [3.8, 4) is 11.1 Å². The summed E-state index contributed by atoms with van der Waals surface area (Å²) in [7, 11) is 2.54. The number of aldehydes is 1. The molecule has 3 heterocycles.